The summed E-state index contributed by atoms with van der Waals surface area (Å²) in [7, 11) is 1.61. The van der Waals surface area contributed by atoms with Crippen LogP contribution in [-0.2, 0) is 19.8 Å². The minimum Gasteiger partial charge on any atom is -0.496 e. The summed E-state index contributed by atoms with van der Waals surface area (Å²) in [6.45, 7) is 1.04. The lowest BCUT2D eigenvalue weighted by Crippen LogP contribution is -2.43. The van der Waals surface area contributed by atoms with E-state index in [1.165, 1.54) is 0 Å². The van der Waals surface area contributed by atoms with Gasteiger partial charge in [-0.3, -0.25) is 0 Å². The number of nitriles is 1. The fraction of sp³-hybridized carbons (Fsp3) is 0.344. The summed E-state index contributed by atoms with van der Waals surface area (Å²) >= 11 is 0. The number of rotatable bonds is 8. The van der Waals surface area contributed by atoms with E-state index in [-0.39, 0.29) is 19.1 Å². The zero-order chi connectivity index (χ0) is 26.5. The first-order valence-electron chi connectivity index (χ1n) is 13.3. The first kappa shape index (κ1) is 25.8. The van der Waals surface area contributed by atoms with Crippen LogP contribution in [0.2, 0.25) is 0 Å². The zero-order valence-electron chi connectivity index (χ0n) is 21.8. The van der Waals surface area contributed by atoms with Gasteiger partial charge >= 0.3 is 0 Å². The Morgan fingerprint density at radius 1 is 0.947 bits per heavy atom. The molecule has 0 spiro atoms. The number of aliphatic hydroxyl groups is 2. The molecule has 0 amide bonds. The molecular weight excluding hydrogens is 476 g/mol. The van der Waals surface area contributed by atoms with Crippen molar-refractivity contribution in [1.29, 1.82) is 5.26 Å². The third-order valence-electron chi connectivity index (χ3n) is 7.80. The molecule has 0 unspecified atom stereocenters. The van der Waals surface area contributed by atoms with Crippen LogP contribution in [0.25, 0.3) is 5.57 Å². The van der Waals surface area contributed by atoms with Crippen molar-refractivity contribution in [2.45, 2.75) is 57.5 Å². The number of aliphatic hydroxyl groups excluding tert-OH is 2. The number of hydrogen-bond acceptors (Lipinski definition) is 6. The summed E-state index contributed by atoms with van der Waals surface area (Å²) < 4.78 is 11.8. The molecule has 0 saturated carbocycles. The molecule has 3 aromatic rings. The van der Waals surface area contributed by atoms with Crippen molar-refractivity contribution in [1.82, 2.24) is 4.90 Å². The molecule has 6 heteroatoms. The van der Waals surface area contributed by atoms with E-state index >= 15 is 0 Å². The topological polar surface area (TPSA) is 86.0 Å². The van der Waals surface area contributed by atoms with Crippen molar-refractivity contribution in [3.05, 3.63) is 100 Å². The van der Waals surface area contributed by atoms with Gasteiger partial charge in [0.05, 0.1) is 20.3 Å². The molecule has 1 saturated heterocycles. The minimum absolute atomic E-state index is 0.0207. The smallest absolute Gasteiger partial charge is 0.125 e. The van der Waals surface area contributed by atoms with E-state index in [9.17, 15) is 15.5 Å². The quantitative estimate of drug-likeness (QED) is 0.414. The fourth-order valence-electron chi connectivity index (χ4n) is 5.85. The monoisotopic (exact) mass is 510 g/mol. The van der Waals surface area contributed by atoms with Crippen molar-refractivity contribution in [2.75, 3.05) is 13.7 Å². The summed E-state index contributed by atoms with van der Waals surface area (Å²) in [5, 5.41) is 30.2. The van der Waals surface area contributed by atoms with Gasteiger partial charge in [0.25, 0.3) is 0 Å². The highest BCUT2D eigenvalue weighted by atomic mass is 16.5. The minimum atomic E-state index is -0.133. The van der Waals surface area contributed by atoms with Crippen molar-refractivity contribution >= 4 is 5.57 Å². The van der Waals surface area contributed by atoms with E-state index in [0.717, 1.165) is 60.1 Å². The van der Waals surface area contributed by atoms with Gasteiger partial charge in [0.1, 0.15) is 29.9 Å². The van der Waals surface area contributed by atoms with E-state index < -0.39 is 0 Å². The molecule has 0 bridgehead atoms. The van der Waals surface area contributed by atoms with Gasteiger partial charge in [-0.05, 0) is 54.5 Å². The molecule has 2 atom stereocenters. The van der Waals surface area contributed by atoms with Gasteiger partial charge in [0.2, 0.25) is 0 Å². The third kappa shape index (κ3) is 5.13. The molecule has 2 N–H and O–H groups in total. The van der Waals surface area contributed by atoms with E-state index in [4.69, 9.17) is 9.47 Å². The highest BCUT2D eigenvalue weighted by Gasteiger charge is 2.37. The van der Waals surface area contributed by atoms with Crippen molar-refractivity contribution in [3.8, 4) is 17.6 Å². The molecule has 1 fully saturated rings. The van der Waals surface area contributed by atoms with Gasteiger partial charge in [-0.15, -0.1) is 0 Å². The van der Waals surface area contributed by atoms with Crippen LogP contribution in [0.15, 0.2) is 72.4 Å². The van der Waals surface area contributed by atoms with Crippen LogP contribution in [-0.4, -0.2) is 34.8 Å². The SMILES string of the molecule is COc1cc([C@H]2C[C@@H]3CCCCN3C(C#N)=C2c2ccc(CO)c(OCc3ccccc3)c2)ccc1CO. The predicted molar refractivity (Wildman–Crippen MR) is 146 cm³/mol. The molecule has 196 valence electrons. The predicted octanol–water partition coefficient (Wildman–Crippen LogP) is 5.54. The molecule has 6 nitrogen and oxygen atoms in total. The Bertz CT molecular complexity index is 1350. The molecule has 2 aliphatic rings. The van der Waals surface area contributed by atoms with E-state index in [0.29, 0.717) is 35.4 Å². The Hall–Kier alpha value is -3.79. The third-order valence-corrected chi connectivity index (χ3v) is 7.80. The summed E-state index contributed by atoms with van der Waals surface area (Å²) in [5.41, 5.74) is 6.15. The number of benzene rings is 3. The lowest BCUT2D eigenvalue weighted by Gasteiger charge is -2.44. The Morgan fingerprint density at radius 3 is 2.45 bits per heavy atom. The number of nitrogens with zero attached hydrogens (tertiary/aromatic N) is 2. The average molecular weight is 511 g/mol. The van der Waals surface area contributed by atoms with Crippen LogP contribution in [0, 0.1) is 11.3 Å². The molecule has 5 rings (SSSR count). The van der Waals surface area contributed by atoms with Crippen molar-refractivity contribution < 1.29 is 19.7 Å². The van der Waals surface area contributed by atoms with E-state index in [1.807, 2.05) is 66.7 Å². The largest absolute Gasteiger partial charge is 0.496 e. The molecule has 0 aromatic heterocycles. The highest BCUT2D eigenvalue weighted by Crippen LogP contribution is 2.47. The Labute approximate surface area is 224 Å². The molecule has 0 aliphatic carbocycles. The van der Waals surface area contributed by atoms with Gasteiger partial charge in [-0.25, -0.2) is 0 Å². The molecule has 3 aromatic carbocycles. The van der Waals surface area contributed by atoms with Gasteiger partial charge in [0, 0.05) is 35.2 Å². The maximum atomic E-state index is 10.5. The van der Waals surface area contributed by atoms with Crippen molar-refractivity contribution in [2.24, 2.45) is 0 Å². The summed E-state index contributed by atoms with van der Waals surface area (Å²) in [4.78, 5) is 2.29. The first-order valence-corrected chi connectivity index (χ1v) is 13.3. The standard InChI is InChI=1S/C32H34N2O4/c1-37-30-15-23(10-12-25(30)19-35)28-17-27-9-5-6-14-34(27)29(18-33)32(28)24-11-13-26(20-36)31(16-24)38-21-22-7-3-2-4-8-22/h2-4,7-8,10-13,15-16,27-28,35-36H,5-6,9,14,17,19-21H2,1H3/t27-,28+/m0/s1. The summed E-state index contributed by atoms with van der Waals surface area (Å²) in [6.07, 6.45) is 4.20. The number of methoxy groups -OCH3 is 1. The van der Waals surface area contributed by atoms with Crippen LogP contribution >= 0.6 is 0 Å². The number of fused-ring (bicyclic) bond motifs is 1. The number of piperidine rings is 1. The second kappa shape index (κ2) is 11.7. The van der Waals surface area contributed by atoms with E-state index in [2.05, 4.69) is 11.0 Å². The fourth-order valence-corrected chi connectivity index (χ4v) is 5.85. The first-order chi connectivity index (χ1) is 18.7. The lowest BCUT2D eigenvalue weighted by atomic mass is 9.75. The number of ether oxygens (including phenoxy) is 2. The van der Waals surface area contributed by atoms with Gasteiger partial charge < -0.3 is 24.6 Å². The molecule has 2 aliphatic heterocycles. The van der Waals surface area contributed by atoms with E-state index in [1.54, 1.807) is 7.11 Å². The molecule has 2 heterocycles. The number of hydrogen-bond donors (Lipinski definition) is 2. The van der Waals surface area contributed by atoms with Gasteiger partial charge in [0.15, 0.2) is 0 Å². The van der Waals surface area contributed by atoms with Crippen molar-refractivity contribution in [3.63, 3.8) is 0 Å². The normalized spacial score (nSPS) is 19.1. The number of allylic oxidation sites excluding steroid dienone is 2. The Balaban J connectivity index is 1.60. The van der Waals surface area contributed by atoms with Crippen LogP contribution in [0.4, 0.5) is 0 Å². The average Bonchev–Trinajstić information content (AvgIpc) is 2.99. The maximum Gasteiger partial charge on any atom is 0.125 e. The van der Waals surface area contributed by atoms with Crippen LogP contribution < -0.4 is 9.47 Å². The van der Waals surface area contributed by atoms with Gasteiger partial charge in [-0.1, -0.05) is 54.6 Å². The summed E-state index contributed by atoms with van der Waals surface area (Å²) in [6, 6.07) is 24.6. The Kier molecular flexibility index (Phi) is 7.97. The second-order valence-corrected chi connectivity index (χ2v) is 9.99. The van der Waals surface area contributed by atoms with Crippen LogP contribution in [0.3, 0.4) is 0 Å². The molecular formula is C32H34N2O4. The maximum absolute atomic E-state index is 10.5. The highest BCUT2D eigenvalue weighted by molar-refractivity contribution is 5.79. The molecule has 38 heavy (non-hydrogen) atoms. The van der Waals surface area contributed by atoms with Gasteiger partial charge in [-0.2, -0.15) is 5.26 Å². The Morgan fingerprint density at radius 2 is 1.71 bits per heavy atom. The second-order valence-electron chi connectivity index (χ2n) is 9.99. The van der Waals surface area contributed by atoms with Crippen LogP contribution in [0.5, 0.6) is 11.5 Å². The molecule has 0 radical (unpaired) electrons. The van der Waals surface area contributed by atoms with Crippen LogP contribution in [0.1, 0.15) is 59.4 Å². The zero-order valence-corrected chi connectivity index (χ0v) is 21.8. The summed E-state index contributed by atoms with van der Waals surface area (Å²) in [5.74, 6) is 1.25. The lowest BCUT2D eigenvalue weighted by molar-refractivity contribution is 0.177.